The summed E-state index contributed by atoms with van der Waals surface area (Å²) in [6.07, 6.45) is 1.46. The van der Waals surface area contributed by atoms with E-state index in [1.54, 1.807) is 18.2 Å². The Bertz CT molecular complexity index is 958. The number of benzene rings is 2. The van der Waals surface area contributed by atoms with E-state index in [2.05, 4.69) is 15.6 Å². The zero-order chi connectivity index (χ0) is 19.4. The molecule has 0 aliphatic carbocycles. The van der Waals surface area contributed by atoms with Gasteiger partial charge < -0.3 is 15.5 Å². The van der Waals surface area contributed by atoms with Gasteiger partial charge in [-0.05, 0) is 48.5 Å². The van der Waals surface area contributed by atoms with Gasteiger partial charge in [-0.2, -0.15) is 0 Å². The predicted octanol–water partition coefficient (Wildman–Crippen LogP) is 4.42. The first-order valence-corrected chi connectivity index (χ1v) is 8.19. The quantitative estimate of drug-likeness (QED) is 0.700. The number of nitrogens with zero attached hydrogens (tertiary/aromatic N) is 2. The number of pyridine rings is 1. The van der Waals surface area contributed by atoms with Gasteiger partial charge in [0.05, 0.1) is 0 Å². The molecule has 27 heavy (non-hydrogen) atoms. The fourth-order valence-electron chi connectivity index (χ4n) is 2.41. The smallest absolute Gasteiger partial charge is 0.274 e. The van der Waals surface area contributed by atoms with E-state index in [-0.39, 0.29) is 11.6 Å². The first-order valence-electron chi connectivity index (χ1n) is 8.19. The molecule has 0 bridgehead atoms. The molecule has 1 heterocycles. The van der Waals surface area contributed by atoms with E-state index in [4.69, 9.17) is 0 Å². The Labute approximate surface area is 155 Å². The number of carbonyl (C=O) groups excluding carboxylic acids is 1. The van der Waals surface area contributed by atoms with Crippen LogP contribution in [0.3, 0.4) is 0 Å². The van der Waals surface area contributed by atoms with Crippen LogP contribution in [-0.2, 0) is 0 Å². The lowest BCUT2D eigenvalue weighted by Gasteiger charge is -2.13. The molecule has 5 nitrogen and oxygen atoms in total. The van der Waals surface area contributed by atoms with Crippen molar-refractivity contribution in [1.29, 1.82) is 0 Å². The SMILES string of the molecule is CN(C)c1ccc(NC(=O)c2cc(Nc3ccc(F)c(F)c3)ccn2)cc1. The molecule has 0 radical (unpaired) electrons. The number of hydrogen-bond acceptors (Lipinski definition) is 4. The Morgan fingerprint density at radius 1 is 0.889 bits per heavy atom. The van der Waals surface area contributed by atoms with Crippen molar-refractivity contribution in [2.75, 3.05) is 29.6 Å². The summed E-state index contributed by atoms with van der Waals surface area (Å²) in [4.78, 5) is 18.4. The third-order valence-corrected chi connectivity index (χ3v) is 3.84. The Hall–Kier alpha value is -3.48. The maximum atomic E-state index is 13.3. The highest BCUT2D eigenvalue weighted by atomic mass is 19.2. The summed E-state index contributed by atoms with van der Waals surface area (Å²) in [6, 6.07) is 14.0. The second kappa shape index (κ2) is 7.82. The van der Waals surface area contributed by atoms with E-state index in [1.165, 1.54) is 18.3 Å². The predicted molar refractivity (Wildman–Crippen MR) is 103 cm³/mol. The lowest BCUT2D eigenvalue weighted by atomic mass is 10.2. The highest BCUT2D eigenvalue weighted by Gasteiger charge is 2.10. The number of anilines is 4. The molecule has 2 aromatic carbocycles. The second-order valence-electron chi connectivity index (χ2n) is 6.08. The first-order chi connectivity index (χ1) is 12.9. The number of hydrogen-bond donors (Lipinski definition) is 2. The van der Waals surface area contributed by atoms with E-state index in [0.717, 1.165) is 17.8 Å². The minimum atomic E-state index is -0.951. The van der Waals surface area contributed by atoms with Gasteiger partial charge in [-0.1, -0.05) is 0 Å². The van der Waals surface area contributed by atoms with Gasteiger partial charge in [0.2, 0.25) is 0 Å². The van der Waals surface area contributed by atoms with Gasteiger partial charge in [0.1, 0.15) is 5.69 Å². The zero-order valence-electron chi connectivity index (χ0n) is 14.8. The summed E-state index contributed by atoms with van der Waals surface area (Å²) in [6.45, 7) is 0. The van der Waals surface area contributed by atoms with Gasteiger partial charge in [-0.3, -0.25) is 9.78 Å². The largest absolute Gasteiger partial charge is 0.378 e. The Morgan fingerprint density at radius 3 is 2.22 bits per heavy atom. The highest BCUT2D eigenvalue weighted by molar-refractivity contribution is 6.03. The van der Waals surface area contributed by atoms with Gasteiger partial charge in [-0.15, -0.1) is 0 Å². The van der Waals surface area contributed by atoms with Gasteiger partial charge in [-0.25, -0.2) is 8.78 Å². The first kappa shape index (κ1) is 18.3. The molecular formula is C20H18F2N4O. The summed E-state index contributed by atoms with van der Waals surface area (Å²) in [7, 11) is 3.87. The topological polar surface area (TPSA) is 57.3 Å². The number of carbonyl (C=O) groups is 1. The summed E-state index contributed by atoms with van der Waals surface area (Å²) < 4.78 is 26.3. The molecule has 0 spiro atoms. The molecule has 0 unspecified atom stereocenters. The number of nitrogens with one attached hydrogen (secondary N) is 2. The molecule has 0 saturated heterocycles. The van der Waals surface area contributed by atoms with Crippen LogP contribution in [0, 0.1) is 11.6 Å². The van der Waals surface area contributed by atoms with Crippen molar-refractivity contribution in [3.05, 3.63) is 78.1 Å². The summed E-state index contributed by atoms with van der Waals surface area (Å²) >= 11 is 0. The molecule has 0 saturated carbocycles. The van der Waals surface area contributed by atoms with Crippen LogP contribution in [0.2, 0.25) is 0 Å². The van der Waals surface area contributed by atoms with E-state index in [9.17, 15) is 13.6 Å². The van der Waals surface area contributed by atoms with Crippen LogP contribution in [0.25, 0.3) is 0 Å². The van der Waals surface area contributed by atoms with Crippen LogP contribution >= 0.6 is 0 Å². The Balaban J connectivity index is 1.72. The molecule has 7 heteroatoms. The maximum Gasteiger partial charge on any atom is 0.274 e. The molecule has 1 aromatic heterocycles. The maximum absolute atomic E-state index is 13.3. The highest BCUT2D eigenvalue weighted by Crippen LogP contribution is 2.20. The fraction of sp³-hybridized carbons (Fsp3) is 0.100. The minimum Gasteiger partial charge on any atom is -0.378 e. The summed E-state index contributed by atoms with van der Waals surface area (Å²) in [5, 5.41) is 5.69. The van der Waals surface area contributed by atoms with Gasteiger partial charge in [0.15, 0.2) is 11.6 Å². The molecule has 0 aliphatic rings. The second-order valence-corrected chi connectivity index (χ2v) is 6.08. The van der Waals surface area contributed by atoms with E-state index >= 15 is 0 Å². The van der Waals surface area contributed by atoms with Crippen LogP contribution in [0.15, 0.2) is 60.8 Å². The fourth-order valence-corrected chi connectivity index (χ4v) is 2.41. The van der Waals surface area contributed by atoms with Crippen molar-refractivity contribution in [2.45, 2.75) is 0 Å². The average molecular weight is 368 g/mol. The summed E-state index contributed by atoms with van der Waals surface area (Å²) in [5.41, 5.74) is 2.75. The standard InChI is InChI=1S/C20H18F2N4O/c1-26(2)16-6-3-13(4-7-16)25-20(27)19-12-15(9-10-23-19)24-14-5-8-17(21)18(22)11-14/h3-12H,1-2H3,(H,23,24)(H,25,27). The molecule has 0 aliphatic heterocycles. The van der Waals surface area contributed by atoms with Crippen LogP contribution in [0.4, 0.5) is 31.5 Å². The van der Waals surface area contributed by atoms with E-state index < -0.39 is 11.6 Å². The van der Waals surface area contributed by atoms with Crippen molar-refractivity contribution in [1.82, 2.24) is 4.98 Å². The van der Waals surface area contributed by atoms with Gasteiger partial charge in [0, 0.05) is 49.1 Å². The van der Waals surface area contributed by atoms with Gasteiger partial charge in [0.25, 0.3) is 5.91 Å². The van der Waals surface area contributed by atoms with Crippen LogP contribution in [-0.4, -0.2) is 25.0 Å². The molecule has 2 N–H and O–H groups in total. The third-order valence-electron chi connectivity index (χ3n) is 3.84. The monoisotopic (exact) mass is 368 g/mol. The Kier molecular flexibility index (Phi) is 5.30. The molecule has 3 rings (SSSR count). The van der Waals surface area contributed by atoms with Crippen LogP contribution < -0.4 is 15.5 Å². The van der Waals surface area contributed by atoms with E-state index in [0.29, 0.717) is 17.1 Å². The van der Waals surface area contributed by atoms with Crippen LogP contribution in [0.5, 0.6) is 0 Å². The summed E-state index contributed by atoms with van der Waals surface area (Å²) in [5.74, 6) is -2.25. The number of aromatic nitrogens is 1. The van der Waals surface area contributed by atoms with Crippen LogP contribution in [0.1, 0.15) is 10.5 Å². The molecule has 0 fully saturated rings. The third kappa shape index (κ3) is 4.58. The zero-order valence-corrected chi connectivity index (χ0v) is 14.8. The Morgan fingerprint density at radius 2 is 1.56 bits per heavy atom. The lowest BCUT2D eigenvalue weighted by molar-refractivity contribution is 0.102. The van der Waals surface area contributed by atoms with Crippen molar-refractivity contribution < 1.29 is 13.6 Å². The number of rotatable bonds is 5. The number of halogens is 2. The normalized spacial score (nSPS) is 10.4. The molecule has 3 aromatic rings. The van der Waals surface area contributed by atoms with Gasteiger partial charge >= 0.3 is 0 Å². The molecule has 138 valence electrons. The van der Waals surface area contributed by atoms with Crippen molar-refractivity contribution in [3.63, 3.8) is 0 Å². The van der Waals surface area contributed by atoms with Crippen molar-refractivity contribution >= 4 is 28.7 Å². The molecule has 1 amide bonds. The minimum absolute atomic E-state index is 0.194. The van der Waals surface area contributed by atoms with Crippen molar-refractivity contribution in [2.24, 2.45) is 0 Å². The number of amides is 1. The van der Waals surface area contributed by atoms with E-state index in [1.807, 2.05) is 31.1 Å². The molecular weight excluding hydrogens is 350 g/mol. The van der Waals surface area contributed by atoms with Crippen molar-refractivity contribution in [3.8, 4) is 0 Å². The average Bonchev–Trinajstić information content (AvgIpc) is 2.65. The molecule has 0 atom stereocenters. The lowest BCUT2D eigenvalue weighted by Crippen LogP contribution is -2.14.